The lowest BCUT2D eigenvalue weighted by Gasteiger charge is -2.42. The number of rotatable bonds is 3. The van der Waals surface area contributed by atoms with Crippen LogP contribution in [0.25, 0.3) is 0 Å². The standard InChI is InChI=1S/C10H18N2O2/c1-11-6-9-2-4-12(9)10(13)8-3-5-14-7-8/h8-9,11H,2-7H2,1H3. The van der Waals surface area contributed by atoms with E-state index in [9.17, 15) is 4.79 Å². The predicted molar refractivity (Wildman–Crippen MR) is 53.0 cm³/mol. The second kappa shape index (κ2) is 4.28. The van der Waals surface area contributed by atoms with Gasteiger partial charge in [0.05, 0.1) is 12.5 Å². The molecule has 2 unspecified atom stereocenters. The average Bonchev–Trinajstić information content (AvgIpc) is 2.65. The number of carbonyl (C=O) groups is 1. The number of nitrogens with zero attached hydrogens (tertiary/aromatic N) is 1. The van der Waals surface area contributed by atoms with Crippen LogP contribution in [0.3, 0.4) is 0 Å². The zero-order valence-electron chi connectivity index (χ0n) is 8.66. The number of hydrogen-bond donors (Lipinski definition) is 1. The van der Waals surface area contributed by atoms with Gasteiger partial charge in [-0.15, -0.1) is 0 Å². The maximum absolute atomic E-state index is 11.9. The monoisotopic (exact) mass is 198 g/mol. The second-order valence-electron chi connectivity index (χ2n) is 4.09. The third-order valence-electron chi connectivity index (χ3n) is 3.15. The summed E-state index contributed by atoms with van der Waals surface area (Å²) in [6.45, 7) is 3.23. The second-order valence-corrected chi connectivity index (χ2v) is 4.09. The van der Waals surface area contributed by atoms with Gasteiger partial charge in [0.2, 0.25) is 5.91 Å². The molecule has 1 amide bonds. The molecule has 0 aromatic heterocycles. The molecule has 80 valence electrons. The summed E-state index contributed by atoms with van der Waals surface area (Å²) in [5, 5.41) is 3.12. The lowest BCUT2D eigenvalue weighted by atomic mass is 9.98. The van der Waals surface area contributed by atoms with Crippen LogP contribution in [0, 0.1) is 5.92 Å². The molecule has 0 radical (unpaired) electrons. The van der Waals surface area contributed by atoms with E-state index in [1.54, 1.807) is 0 Å². The van der Waals surface area contributed by atoms with E-state index in [2.05, 4.69) is 5.32 Å². The molecule has 0 bridgehead atoms. The third-order valence-corrected chi connectivity index (χ3v) is 3.15. The van der Waals surface area contributed by atoms with Crippen molar-refractivity contribution in [3.05, 3.63) is 0 Å². The van der Waals surface area contributed by atoms with E-state index in [1.165, 1.54) is 0 Å². The van der Waals surface area contributed by atoms with Crippen molar-refractivity contribution < 1.29 is 9.53 Å². The summed E-state index contributed by atoms with van der Waals surface area (Å²) in [5.41, 5.74) is 0. The Morgan fingerprint density at radius 2 is 2.43 bits per heavy atom. The number of ether oxygens (including phenoxy) is 1. The maximum Gasteiger partial charge on any atom is 0.228 e. The molecule has 0 spiro atoms. The van der Waals surface area contributed by atoms with Crippen LogP contribution in [0.1, 0.15) is 12.8 Å². The molecule has 2 heterocycles. The minimum absolute atomic E-state index is 0.134. The molecule has 4 nitrogen and oxygen atoms in total. The largest absolute Gasteiger partial charge is 0.381 e. The van der Waals surface area contributed by atoms with Gasteiger partial charge in [-0.05, 0) is 19.9 Å². The highest BCUT2D eigenvalue weighted by Gasteiger charge is 2.36. The molecule has 0 aromatic rings. The Hall–Kier alpha value is -0.610. The SMILES string of the molecule is CNCC1CCN1C(=O)C1CCOC1. The van der Waals surface area contributed by atoms with Gasteiger partial charge in [0, 0.05) is 25.7 Å². The minimum atomic E-state index is 0.134. The molecule has 2 aliphatic heterocycles. The maximum atomic E-state index is 11.9. The van der Waals surface area contributed by atoms with Gasteiger partial charge in [-0.2, -0.15) is 0 Å². The van der Waals surface area contributed by atoms with Crippen LogP contribution in [-0.4, -0.2) is 50.2 Å². The lowest BCUT2D eigenvalue weighted by Crippen LogP contribution is -2.56. The molecule has 0 saturated carbocycles. The van der Waals surface area contributed by atoms with Crippen molar-refractivity contribution in [2.24, 2.45) is 5.92 Å². The quantitative estimate of drug-likeness (QED) is 0.685. The van der Waals surface area contributed by atoms with Crippen LogP contribution in [0.5, 0.6) is 0 Å². The van der Waals surface area contributed by atoms with Crippen molar-refractivity contribution in [3.63, 3.8) is 0 Å². The van der Waals surface area contributed by atoms with Gasteiger partial charge in [0.1, 0.15) is 0 Å². The Bertz CT molecular complexity index is 214. The molecule has 4 heteroatoms. The normalized spacial score (nSPS) is 31.6. The minimum Gasteiger partial charge on any atom is -0.381 e. The highest BCUT2D eigenvalue weighted by Crippen LogP contribution is 2.23. The van der Waals surface area contributed by atoms with Crippen LogP contribution in [0.4, 0.5) is 0 Å². The Kier molecular flexibility index (Phi) is 3.03. The fourth-order valence-electron chi connectivity index (χ4n) is 2.14. The summed E-state index contributed by atoms with van der Waals surface area (Å²) < 4.78 is 5.23. The molecule has 0 aliphatic carbocycles. The van der Waals surface area contributed by atoms with E-state index in [0.29, 0.717) is 18.6 Å². The number of carbonyl (C=O) groups excluding carboxylic acids is 1. The fourth-order valence-corrected chi connectivity index (χ4v) is 2.14. The zero-order chi connectivity index (χ0) is 9.97. The van der Waals surface area contributed by atoms with Crippen LogP contribution in [0.15, 0.2) is 0 Å². The van der Waals surface area contributed by atoms with E-state index < -0.39 is 0 Å². The van der Waals surface area contributed by atoms with Gasteiger partial charge in [-0.1, -0.05) is 0 Å². The van der Waals surface area contributed by atoms with Crippen LogP contribution >= 0.6 is 0 Å². The number of hydrogen-bond acceptors (Lipinski definition) is 3. The van der Waals surface area contributed by atoms with E-state index in [0.717, 1.165) is 32.5 Å². The molecule has 0 aromatic carbocycles. The summed E-state index contributed by atoms with van der Waals surface area (Å²) >= 11 is 0. The molecular formula is C10H18N2O2. The van der Waals surface area contributed by atoms with E-state index in [-0.39, 0.29) is 5.92 Å². The summed E-state index contributed by atoms with van der Waals surface area (Å²) in [7, 11) is 1.93. The summed E-state index contributed by atoms with van der Waals surface area (Å²) in [6, 6.07) is 0.424. The average molecular weight is 198 g/mol. The van der Waals surface area contributed by atoms with Crippen LogP contribution in [0.2, 0.25) is 0 Å². The Morgan fingerprint density at radius 1 is 1.57 bits per heavy atom. The Balaban J connectivity index is 1.85. The zero-order valence-corrected chi connectivity index (χ0v) is 8.66. The molecule has 2 atom stereocenters. The molecule has 2 rings (SSSR count). The number of amides is 1. The summed E-state index contributed by atoms with van der Waals surface area (Å²) in [4.78, 5) is 13.9. The van der Waals surface area contributed by atoms with Crippen LogP contribution < -0.4 is 5.32 Å². The predicted octanol–water partition coefficient (Wildman–Crippen LogP) is -0.157. The van der Waals surface area contributed by atoms with Gasteiger partial charge in [-0.3, -0.25) is 4.79 Å². The van der Waals surface area contributed by atoms with Crippen molar-refractivity contribution in [3.8, 4) is 0 Å². The smallest absolute Gasteiger partial charge is 0.228 e. The van der Waals surface area contributed by atoms with Crippen LogP contribution in [-0.2, 0) is 9.53 Å². The first-order chi connectivity index (χ1) is 6.83. The fraction of sp³-hybridized carbons (Fsp3) is 0.900. The van der Waals surface area contributed by atoms with Crippen molar-refractivity contribution in [2.45, 2.75) is 18.9 Å². The Labute approximate surface area is 84.6 Å². The van der Waals surface area contributed by atoms with E-state index >= 15 is 0 Å². The van der Waals surface area contributed by atoms with E-state index in [4.69, 9.17) is 4.74 Å². The first-order valence-corrected chi connectivity index (χ1v) is 5.35. The summed E-state index contributed by atoms with van der Waals surface area (Å²) in [6.07, 6.45) is 2.04. The molecule has 2 saturated heterocycles. The van der Waals surface area contributed by atoms with E-state index in [1.807, 2.05) is 11.9 Å². The third kappa shape index (κ3) is 1.77. The first kappa shape index (κ1) is 9.93. The van der Waals surface area contributed by atoms with Gasteiger partial charge in [0.25, 0.3) is 0 Å². The number of nitrogens with one attached hydrogen (secondary N) is 1. The van der Waals surface area contributed by atoms with Gasteiger partial charge in [-0.25, -0.2) is 0 Å². The highest BCUT2D eigenvalue weighted by atomic mass is 16.5. The van der Waals surface area contributed by atoms with Gasteiger partial charge >= 0.3 is 0 Å². The molecule has 2 fully saturated rings. The van der Waals surface area contributed by atoms with Crippen molar-refractivity contribution in [1.82, 2.24) is 10.2 Å². The molecule has 2 aliphatic rings. The topological polar surface area (TPSA) is 41.6 Å². The summed E-state index contributed by atoms with van der Waals surface area (Å²) in [5.74, 6) is 0.434. The number of likely N-dealkylation sites (N-methyl/N-ethyl adjacent to an activating group) is 1. The first-order valence-electron chi connectivity index (χ1n) is 5.35. The molecular weight excluding hydrogens is 180 g/mol. The molecule has 14 heavy (non-hydrogen) atoms. The molecule has 1 N–H and O–H groups in total. The van der Waals surface area contributed by atoms with Crippen molar-refractivity contribution in [1.29, 1.82) is 0 Å². The highest BCUT2D eigenvalue weighted by molar-refractivity contribution is 5.80. The number of likely N-dealkylation sites (tertiary alicyclic amines) is 1. The van der Waals surface area contributed by atoms with Gasteiger partial charge < -0.3 is 15.0 Å². The van der Waals surface area contributed by atoms with Crippen molar-refractivity contribution >= 4 is 5.91 Å². The van der Waals surface area contributed by atoms with Crippen molar-refractivity contribution in [2.75, 3.05) is 33.4 Å². The lowest BCUT2D eigenvalue weighted by molar-refractivity contribution is -0.143. The Morgan fingerprint density at radius 3 is 2.93 bits per heavy atom. The van der Waals surface area contributed by atoms with Gasteiger partial charge in [0.15, 0.2) is 0 Å².